The minimum Gasteiger partial charge on any atom is -0.397 e. The molecule has 80 valence electrons. The predicted octanol–water partition coefficient (Wildman–Crippen LogP) is 1.25. The van der Waals surface area contributed by atoms with Crippen LogP contribution in [0.5, 0.6) is 0 Å². The van der Waals surface area contributed by atoms with Crippen molar-refractivity contribution in [3.8, 4) is 0 Å². The summed E-state index contributed by atoms with van der Waals surface area (Å²) in [6.07, 6.45) is 0.918. The van der Waals surface area contributed by atoms with Gasteiger partial charge in [0.1, 0.15) is 11.3 Å². The van der Waals surface area contributed by atoms with Gasteiger partial charge < -0.3 is 15.6 Å². The molecule has 4 nitrogen and oxygen atoms in total. The summed E-state index contributed by atoms with van der Waals surface area (Å²) in [6.45, 7) is 0.986. The highest BCUT2D eigenvalue weighted by atomic mass is 15.1. The van der Waals surface area contributed by atoms with Crippen LogP contribution in [0.25, 0.3) is 11.0 Å². The first-order valence-electron chi connectivity index (χ1n) is 5.04. The number of aromatic amines is 1. The molecule has 0 radical (unpaired) electrons. The zero-order chi connectivity index (χ0) is 10.8. The van der Waals surface area contributed by atoms with Gasteiger partial charge >= 0.3 is 0 Å². The topological polar surface area (TPSA) is 57.9 Å². The quantitative estimate of drug-likeness (QED) is 0.740. The number of aromatic nitrogens is 2. The van der Waals surface area contributed by atoms with Crippen LogP contribution in [0.3, 0.4) is 0 Å². The first kappa shape index (κ1) is 9.98. The molecule has 1 aromatic carbocycles. The number of nitrogens with one attached hydrogen (secondary N) is 1. The first-order chi connectivity index (χ1) is 7.16. The molecule has 1 aromatic heterocycles. The molecule has 0 fully saturated rings. The molecule has 0 spiro atoms. The molecule has 3 N–H and O–H groups in total. The standard InChI is InChI=1S/C11H16N4/c1-15(2)7-6-10-13-9-5-3-4-8(12)11(9)14-10/h3-5H,6-7,12H2,1-2H3,(H,13,14). The molecular formula is C11H16N4. The van der Waals surface area contributed by atoms with Crippen molar-refractivity contribution < 1.29 is 0 Å². The normalized spacial score (nSPS) is 11.4. The van der Waals surface area contributed by atoms with Gasteiger partial charge in [-0.15, -0.1) is 0 Å². The summed E-state index contributed by atoms with van der Waals surface area (Å²) in [4.78, 5) is 9.89. The Morgan fingerprint density at radius 1 is 1.40 bits per heavy atom. The van der Waals surface area contributed by atoms with E-state index in [-0.39, 0.29) is 0 Å². The third-order valence-electron chi connectivity index (χ3n) is 2.39. The second-order valence-electron chi connectivity index (χ2n) is 3.98. The van der Waals surface area contributed by atoms with Crippen LogP contribution in [-0.4, -0.2) is 35.5 Å². The van der Waals surface area contributed by atoms with E-state index in [1.165, 1.54) is 0 Å². The Labute approximate surface area is 89.1 Å². The third-order valence-corrected chi connectivity index (χ3v) is 2.39. The average molecular weight is 204 g/mol. The lowest BCUT2D eigenvalue weighted by atomic mass is 10.3. The van der Waals surface area contributed by atoms with Crippen LogP contribution in [0.4, 0.5) is 5.69 Å². The van der Waals surface area contributed by atoms with Crippen LogP contribution < -0.4 is 5.73 Å². The molecule has 0 atom stereocenters. The Morgan fingerprint density at radius 2 is 2.20 bits per heavy atom. The van der Waals surface area contributed by atoms with Crippen molar-refractivity contribution in [2.24, 2.45) is 0 Å². The van der Waals surface area contributed by atoms with Crippen LogP contribution in [0, 0.1) is 0 Å². The zero-order valence-electron chi connectivity index (χ0n) is 9.12. The van der Waals surface area contributed by atoms with Crippen molar-refractivity contribution in [3.63, 3.8) is 0 Å². The second kappa shape index (κ2) is 3.90. The molecule has 1 heterocycles. The van der Waals surface area contributed by atoms with E-state index in [2.05, 4.69) is 29.0 Å². The lowest BCUT2D eigenvalue weighted by Crippen LogP contribution is -2.15. The number of anilines is 1. The number of nitrogens with two attached hydrogens (primary N) is 1. The molecule has 0 bridgehead atoms. The molecule has 2 rings (SSSR count). The van der Waals surface area contributed by atoms with E-state index in [1.54, 1.807) is 0 Å². The van der Waals surface area contributed by atoms with Gasteiger partial charge in [0.05, 0.1) is 11.2 Å². The minimum atomic E-state index is 0.736. The van der Waals surface area contributed by atoms with Crippen molar-refractivity contribution in [3.05, 3.63) is 24.0 Å². The van der Waals surface area contributed by atoms with Gasteiger partial charge in [-0.1, -0.05) is 6.07 Å². The lowest BCUT2D eigenvalue weighted by Gasteiger charge is -2.06. The van der Waals surface area contributed by atoms with Crippen molar-refractivity contribution in [2.75, 3.05) is 26.4 Å². The highest BCUT2D eigenvalue weighted by Crippen LogP contribution is 2.18. The van der Waals surface area contributed by atoms with E-state index < -0.39 is 0 Å². The lowest BCUT2D eigenvalue weighted by molar-refractivity contribution is 0.410. The summed E-state index contributed by atoms with van der Waals surface area (Å²) in [5, 5.41) is 0. The number of nitrogen functional groups attached to an aromatic ring is 1. The fourth-order valence-corrected chi connectivity index (χ4v) is 1.55. The summed E-state index contributed by atoms with van der Waals surface area (Å²) >= 11 is 0. The molecule has 0 amide bonds. The molecule has 0 saturated heterocycles. The van der Waals surface area contributed by atoms with E-state index in [0.717, 1.165) is 35.5 Å². The number of hydrogen-bond donors (Lipinski definition) is 2. The molecule has 4 heteroatoms. The number of para-hydroxylation sites is 1. The van der Waals surface area contributed by atoms with E-state index in [4.69, 9.17) is 5.73 Å². The maximum atomic E-state index is 5.83. The molecule has 2 aromatic rings. The molecule has 0 aliphatic carbocycles. The van der Waals surface area contributed by atoms with E-state index in [0.29, 0.717) is 0 Å². The van der Waals surface area contributed by atoms with E-state index in [9.17, 15) is 0 Å². The Morgan fingerprint density at radius 3 is 2.87 bits per heavy atom. The van der Waals surface area contributed by atoms with E-state index >= 15 is 0 Å². The number of imidazole rings is 1. The Balaban J connectivity index is 2.27. The van der Waals surface area contributed by atoms with Gasteiger partial charge in [0.15, 0.2) is 0 Å². The average Bonchev–Trinajstić information content (AvgIpc) is 2.59. The van der Waals surface area contributed by atoms with Gasteiger partial charge in [-0.25, -0.2) is 4.98 Å². The van der Waals surface area contributed by atoms with Crippen molar-refractivity contribution >= 4 is 16.7 Å². The molecule has 15 heavy (non-hydrogen) atoms. The van der Waals surface area contributed by atoms with Crippen molar-refractivity contribution in [2.45, 2.75) is 6.42 Å². The predicted molar refractivity (Wildman–Crippen MR) is 62.8 cm³/mol. The minimum absolute atomic E-state index is 0.736. The Bertz CT molecular complexity index is 459. The number of benzene rings is 1. The van der Waals surface area contributed by atoms with Gasteiger partial charge in [0.2, 0.25) is 0 Å². The number of likely N-dealkylation sites (N-methyl/N-ethyl adjacent to an activating group) is 1. The number of H-pyrrole nitrogens is 1. The molecule has 0 aliphatic rings. The number of hydrogen-bond acceptors (Lipinski definition) is 3. The Kier molecular flexibility index (Phi) is 2.60. The van der Waals surface area contributed by atoms with Gasteiger partial charge in [0, 0.05) is 13.0 Å². The van der Waals surface area contributed by atoms with Crippen molar-refractivity contribution in [1.82, 2.24) is 14.9 Å². The summed E-state index contributed by atoms with van der Waals surface area (Å²) in [5.74, 6) is 0.997. The maximum Gasteiger partial charge on any atom is 0.111 e. The summed E-state index contributed by atoms with van der Waals surface area (Å²) < 4.78 is 0. The number of nitrogens with zero attached hydrogens (tertiary/aromatic N) is 2. The largest absolute Gasteiger partial charge is 0.397 e. The summed E-state index contributed by atoms with van der Waals surface area (Å²) in [6, 6.07) is 5.81. The third kappa shape index (κ3) is 2.10. The Hall–Kier alpha value is -1.55. The molecule has 0 saturated carbocycles. The van der Waals surface area contributed by atoms with Crippen LogP contribution in [-0.2, 0) is 6.42 Å². The first-order valence-corrected chi connectivity index (χ1v) is 5.04. The van der Waals surface area contributed by atoms with Gasteiger partial charge in [-0.05, 0) is 26.2 Å². The fourth-order valence-electron chi connectivity index (χ4n) is 1.55. The van der Waals surface area contributed by atoms with Crippen LogP contribution in [0.15, 0.2) is 18.2 Å². The van der Waals surface area contributed by atoms with Crippen molar-refractivity contribution in [1.29, 1.82) is 0 Å². The van der Waals surface area contributed by atoms with E-state index in [1.807, 2.05) is 18.2 Å². The monoisotopic (exact) mass is 204 g/mol. The SMILES string of the molecule is CN(C)CCc1nc2c(N)cccc2[nH]1. The molecule has 0 unspecified atom stereocenters. The second-order valence-corrected chi connectivity index (χ2v) is 3.98. The molecular weight excluding hydrogens is 188 g/mol. The van der Waals surface area contributed by atoms with Crippen LogP contribution >= 0.6 is 0 Å². The summed E-state index contributed by atoms with van der Waals surface area (Å²) in [5.41, 5.74) is 8.47. The molecule has 0 aliphatic heterocycles. The summed E-state index contributed by atoms with van der Waals surface area (Å²) in [7, 11) is 4.11. The van der Waals surface area contributed by atoms with Gasteiger partial charge in [0.25, 0.3) is 0 Å². The highest BCUT2D eigenvalue weighted by Gasteiger charge is 2.04. The smallest absolute Gasteiger partial charge is 0.111 e. The maximum absolute atomic E-state index is 5.83. The fraction of sp³-hybridized carbons (Fsp3) is 0.364. The highest BCUT2D eigenvalue weighted by molar-refractivity contribution is 5.86. The zero-order valence-corrected chi connectivity index (χ0v) is 9.12. The van der Waals surface area contributed by atoms with Crippen LogP contribution in [0.1, 0.15) is 5.82 Å². The van der Waals surface area contributed by atoms with Gasteiger partial charge in [-0.3, -0.25) is 0 Å². The number of rotatable bonds is 3. The number of fused-ring (bicyclic) bond motifs is 1. The van der Waals surface area contributed by atoms with Gasteiger partial charge in [-0.2, -0.15) is 0 Å². The van der Waals surface area contributed by atoms with Crippen LogP contribution in [0.2, 0.25) is 0 Å².